The fourth-order valence-electron chi connectivity index (χ4n) is 3.37. The lowest BCUT2D eigenvalue weighted by atomic mass is 10.1. The summed E-state index contributed by atoms with van der Waals surface area (Å²) in [6, 6.07) is 10.8. The van der Waals surface area contributed by atoms with E-state index in [4.69, 9.17) is 0 Å². The van der Waals surface area contributed by atoms with Crippen molar-refractivity contribution in [3.05, 3.63) is 54.6 Å². The number of hydrogen-bond acceptors (Lipinski definition) is 3. The number of benzene rings is 1. The van der Waals surface area contributed by atoms with Crippen LogP contribution < -0.4 is 5.32 Å². The molecule has 0 spiro atoms. The number of urea groups is 1. The van der Waals surface area contributed by atoms with Crippen molar-refractivity contribution in [1.29, 1.82) is 0 Å². The molecule has 134 valence electrons. The second-order valence-electron chi connectivity index (χ2n) is 6.87. The molecule has 0 bridgehead atoms. The monoisotopic (exact) mass is 341 g/mol. The van der Waals surface area contributed by atoms with Crippen LogP contribution >= 0.6 is 0 Å². The predicted octanol–water partition coefficient (Wildman–Crippen LogP) is 2.19. The second-order valence-corrected chi connectivity index (χ2v) is 6.87. The molecular formula is C19H27N5O. The Hall–Kier alpha value is -2.34. The average molecular weight is 341 g/mol. The number of hydrogen-bond donors (Lipinski definition) is 1. The summed E-state index contributed by atoms with van der Waals surface area (Å²) in [7, 11) is 0. The highest BCUT2D eigenvalue weighted by Gasteiger charge is 2.27. The van der Waals surface area contributed by atoms with Crippen LogP contribution in [-0.4, -0.2) is 57.1 Å². The van der Waals surface area contributed by atoms with E-state index in [1.165, 1.54) is 5.56 Å². The van der Waals surface area contributed by atoms with Crippen molar-refractivity contribution in [1.82, 2.24) is 24.7 Å². The fraction of sp³-hybridized carbons (Fsp3) is 0.474. The topological polar surface area (TPSA) is 53.4 Å². The molecule has 2 aromatic rings. The molecule has 25 heavy (non-hydrogen) atoms. The minimum Gasteiger partial charge on any atom is -0.335 e. The standard InChI is InChI=1S/C19H27N5O/c1-16(12-23-9-8-20-15-23)21-19(25)24-11-10-22(13-17(24)2)14-18-6-4-3-5-7-18/h3-9,15-17H,10-14H2,1-2H3,(H,21,25)/t16-,17+/m0/s1. The van der Waals surface area contributed by atoms with Crippen LogP contribution in [0.3, 0.4) is 0 Å². The van der Waals surface area contributed by atoms with Crippen LogP contribution in [0.2, 0.25) is 0 Å². The molecule has 0 radical (unpaired) electrons. The van der Waals surface area contributed by atoms with Gasteiger partial charge in [-0.1, -0.05) is 30.3 Å². The number of aromatic nitrogens is 2. The minimum atomic E-state index is 0.0273. The molecule has 2 atom stereocenters. The van der Waals surface area contributed by atoms with Gasteiger partial charge in [-0.25, -0.2) is 9.78 Å². The van der Waals surface area contributed by atoms with Crippen LogP contribution in [0, 0.1) is 0 Å². The zero-order valence-electron chi connectivity index (χ0n) is 15.0. The van der Waals surface area contributed by atoms with Crippen LogP contribution in [0.25, 0.3) is 0 Å². The zero-order valence-corrected chi connectivity index (χ0v) is 15.0. The molecule has 3 rings (SSSR count). The Bertz CT molecular complexity index is 658. The molecule has 0 aliphatic carbocycles. The van der Waals surface area contributed by atoms with Gasteiger partial charge in [-0.2, -0.15) is 0 Å². The summed E-state index contributed by atoms with van der Waals surface area (Å²) in [6.07, 6.45) is 5.43. The molecule has 1 aliphatic rings. The summed E-state index contributed by atoms with van der Waals surface area (Å²) < 4.78 is 1.98. The molecule has 1 aromatic heterocycles. The van der Waals surface area contributed by atoms with Crippen LogP contribution in [0.4, 0.5) is 4.79 Å². The summed E-state index contributed by atoms with van der Waals surface area (Å²) in [6.45, 7) is 8.38. The van der Waals surface area contributed by atoms with Gasteiger partial charge in [0.05, 0.1) is 6.33 Å². The number of carbonyl (C=O) groups excluding carboxylic acids is 1. The van der Waals surface area contributed by atoms with E-state index in [1.54, 1.807) is 12.5 Å². The van der Waals surface area contributed by atoms with Gasteiger partial charge in [0.1, 0.15) is 0 Å². The number of nitrogens with zero attached hydrogens (tertiary/aromatic N) is 4. The third-order valence-corrected chi connectivity index (χ3v) is 4.64. The Morgan fingerprint density at radius 2 is 2.12 bits per heavy atom. The SMILES string of the molecule is C[C@@H]1CN(Cc2ccccc2)CCN1C(=O)N[C@@H](C)Cn1ccnc1. The number of imidazole rings is 1. The van der Waals surface area contributed by atoms with E-state index in [2.05, 4.69) is 46.4 Å². The highest BCUT2D eigenvalue weighted by molar-refractivity contribution is 5.75. The van der Waals surface area contributed by atoms with Gasteiger partial charge in [0.2, 0.25) is 0 Å². The van der Waals surface area contributed by atoms with Crippen molar-refractivity contribution < 1.29 is 4.79 Å². The van der Waals surface area contributed by atoms with Gasteiger partial charge in [0.25, 0.3) is 0 Å². The van der Waals surface area contributed by atoms with Crippen molar-refractivity contribution in [2.24, 2.45) is 0 Å². The van der Waals surface area contributed by atoms with Crippen LogP contribution in [0.1, 0.15) is 19.4 Å². The first-order chi connectivity index (χ1) is 12.1. The quantitative estimate of drug-likeness (QED) is 0.907. The highest BCUT2D eigenvalue weighted by atomic mass is 16.2. The predicted molar refractivity (Wildman–Crippen MR) is 98.1 cm³/mol. The summed E-state index contributed by atoms with van der Waals surface area (Å²) in [5.74, 6) is 0. The largest absolute Gasteiger partial charge is 0.335 e. The van der Waals surface area contributed by atoms with Gasteiger partial charge in [0.15, 0.2) is 0 Å². The Morgan fingerprint density at radius 3 is 2.80 bits per heavy atom. The Kier molecular flexibility index (Phi) is 5.71. The Labute approximate surface area is 149 Å². The molecule has 0 unspecified atom stereocenters. The van der Waals surface area contributed by atoms with E-state index in [0.717, 1.165) is 32.7 Å². The maximum atomic E-state index is 12.6. The number of rotatable bonds is 5. The van der Waals surface area contributed by atoms with Crippen molar-refractivity contribution in [3.63, 3.8) is 0 Å². The minimum absolute atomic E-state index is 0.0273. The molecule has 2 amide bonds. The Balaban J connectivity index is 1.48. The lowest BCUT2D eigenvalue weighted by Gasteiger charge is -2.40. The van der Waals surface area contributed by atoms with E-state index in [9.17, 15) is 4.79 Å². The first-order valence-corrected chi connectivity index (χ1v) is 8.91. The normalized spacial score (nSPS) is 19.6. The zero-order chi connectivity index (χ0) is 17.6. The number of carbonyl (C=O) groups is 1. The smallest absolute Gasteiger partial charge is 0.317 e. The maximum Gasteiger partial charge on any atom is 0.317 e. The van der Waals surface area contributed by atoms with E-state index in [0.29, 0.717) is 0 Å². The van der Waals surface area contributed by atoms with Crippen LogP contribution in [-0.2, 0) is 13.1 Å². The number of piperazine rings is 1. The molecule has 1 N–H and O–H groups in total. The fourth-order valence-corrected chi connectivity index (χ4v) is 3.37. The number of amides is 2. The van der Waals surface area contributed by atoms with Crippen LogP contribution in [0.5, 0.6) is 0 Å². The van der Waals surface area contributed by atoms with Crippen LogP contribution in [0.15, 0.2) is 49.1 Å². The molecule has 2 heterocycles. The lowest BCUT2D eigenvalue weighted by molar-refractivity contribution is 0.0959. The van der Waals surface area contributed by atoms with Crippen molar-refractivity contribution in [3.8, 4) is 0 Å². The molecule has 1 saturated heterocycles. The molecule has 6 nitrogen and oxygen atoms in total. The van der Waals surface area contributed by atoms with Gasteiger partial charge in [-0.05, 0) is 19.4 Å². The maximum absolute atomic E-state index is 12.6. The first kappa shape index (κ1) is 17.5. The van der Waals surface area contributed by atoms with Gasteiger partial charge >= 0.3 is 6.03 Å². The second kappa shape index (κ2) is 8.16. The van der Waals surface area contributed by atoms with Gasteiger partial charge in [-0.3, -0.25) is 4.90 Å². The third kappa shape index (κ3) is 4.82. The van der Waals surface area contributed by atoms with E-state index in [1.807, 2.05) is 28.7 Å². The Morgan fingerprint density at radius 1 is 1.32 bits per heavy atom. The average Bonchev–Trinajstić information content (AvgIpc) is 3.08. The molecular weight excluding hydrogens is 314 g/mol. The van der Waals surface area contributed by atoms with Crippen molar-refractivity contribution >= 4 is 6.03 Å². The first-order valence-electron chi connectivity index (χ1n) is 8.91. The lowest BCUT2D eigenvalue weighted by Crippen LogP contribution is -2.57. The third-order valence-electron chi connectivity index (χ3n) is 4.64. The molecule has 1 fully saturated rings. The van der Waals surface area contributed by atoms with Gasteiger partial charge < -0.3 is 14.8 Å². The molecule has 1 aliphatic heterocycles. The van der Waals surface area contributed by atoms with Crippen molar-refractivity contribution in [2.75, 3.05) is 19.6 Å². The molecule has 0 saturated carbocycles. The van der Waals surface area contributed by atoms with Gasteiger partial charge in [0, 0.05) is 57.2 Å². The molecule has 1 aromatic carbocycles. The highest BCUT2D eigenvalue weighted by Crippen LogP contribution is 2.13. The summed E-state index contributed by atoms with van der Waals surface area (Å²) in [5, 5.41) is 3.10. The van der Waals surface area contributed by atoms with E-state index >= 15 is 0 Å². The summed E-state index contributed by atoms with van der Waals surface area (Å²) >= 11 is 0. The summed E-state index contributed by atoms with van der Waals surface area (Å²) in [4.78, 5) is 21.0. The molecule has 6 heteroatoms. The van der Waals surface area contributed by atoms with E-state index in [-0.39, 0.29) is 18.1 Å². The van der Waals surface area contributed by atoms with E-state index < -0.39 is 0 Å². The van der Waals surface area contributed by atoms with Gasteiger partial charge in [-0.15, -0.1) is 0 Å². The number of nitrogens with one attached hydrogen (secondary N) is 1. The van der Waals surface area contributed by atoms with Crippen molar-refractivity contribution in [2.45, 2.75) is 39.0 Å². The summed E-state index contributed by atoms with van der Waals surface area (Å²) in [5.41, 5.74) is 1.32.